The molecule has 0 saturated heterocycles. The molecule has 0 saturated carbocycles. The fourth-order valence-corrected chi connectivity index (χ4v) is 3.18. The molecule has 3 rings (SSSR count). The molecule has 0 amide bonds. The van der Waals surface area contributed by atoms with Crippen LogP contribution in [-0.2, 0) is 0 Å². The van der Waals surface area contributed by atoms with Gasteiger partial charge in [0.05, 0.1) is 6.17 Å². The lowest BCUT2D eigenvalue weighted by Crippen LogP contribution is -1.92. The van der Waals surface area contributed by atoms with Gasteiger partial charge < -0.3 is 4.74 Å². The van der Waals surface area contributed by atoms with Gasteiger partial charge in [-0.25, -0.2) is 4.39 Å². The zero-order valence-electron chi connectivity index (χ0n) is 16.4. The van der Waals surface area contributed by atoms with E-state index in [-0.39, 0.29) is 0 Å². The Morgan fingerprint density at radius 1 is 0.964 bits per heavy atom. The lowest BCUT2D eigenvalue weighted by molar-refractivity contribution is 0.335. The van der Waals surface area contributed by atoms with Gasteiger partial charge in [-0.3, -0.25) is 0 Å². The van der Waals surface area contributed by atoms with E-state index in [0.29, 0.717) is 13.0 Å². The summed E-state index contributed by atoms with van der Waals surface area (Å²) in [4.78, 5) is 0. The van der Waals surface area contributed by atoms with Crippen molar-refractivity contribution in [1.29, 1.82) is 0 Å². The van der Waals surface area contributed by atoms with E-state index in [1.165, 1.54) is 27.5 Å². The smallest absolute Gasteiger partial charge is 0.119 e. The first-order valence-electron chi connectivity index (χ1n) is 9.84. The lowest BCUT2D eigenvalue weighted by atomic mass is 9.99. The SMILES string of the molecule is C=CCOc1ccc(-c2ccc3cc(C=CCCCC(C)F)ccc3c2)cc1. The number of benzene rings is 3. The molecule has 28 heavy (non-hydrogen) atoms. The minimum Gasteiger partial charge on any atom is -0.490 e. The molecular weight excluding hydrogens is 347 g/mol. The van der Waals surface area contributed by atoms with Crippen LogP contribution in [0.5, 0.6) is 5.75 Å². The molecule has 0 aliphatic rings. The van der Waals surface area contributed by atoms with Gasteiger partial charge in [0.2, 0.25) is 0 Å². The third kappa shape index (κ3) is 5.56. The minimum atomic E-state index is -0.709. The summed E-state index contributed by atoms with van der Waals surface area (Å²) in [6, 6.07) is 21.1. The van der Waals surface area contributed by atoms with Crippen molar-refractivity contribution in [3.8, 4) is 16.9 Å². The van der Waals surface area contributed by atoms with Gasteiger partial charge in [-0.1, -0.05) is 61.2 Å². The first kappa shape index (κ1) is 19.9. The maximum Gasteiger partial charge on any atom is 0.119 e. The van der Waals surface area contributed by atoms with Crippen molar-refractivity contribution >= 4 is 16.8 Å². The molecule has 2 heteroatoms. The van der Waals surface area contributed by atoms with E-state index in [1.807, 2.05) is 12.1 Å². The quantitative estimate of drug-likeness (QED) is 0.276. The van der Waals surface area contributed by atoms with Crippen LogP contribution in [0.15, 0.2) is 79.4 Å². The van der Waals surface area contributed by atoms with Crippen LogP contribution in [0.3, 0.4) is 0 Å². The predicted octanol–water partition coefficient (Wildman–Crippen LogP) is 7.61. The summed E-state index contributed by atoms with van der Waals surface area (Å²) in [5.74, 6) is 0.849. The Balaban J connectivity index is 1.70. The van der Waals surface area contributed by atoms with Crippen LogP contribution in [0.2, 0.25) is 0 Å². The normalized spacial score (nSPS) is 12.4. The van der Waals surface area contributed by atoms with Crippen molar-refractivity contribution in [2.24, 2.45) is 0 Å². The van der Waals surface area contributed by atoms with Crippen molar-refractivity contribution in [3.63, 3.8) is 0 Å². The Bertz CT molecular complexity index is 938. The number of ether oxygens (including phenoxy) is 1. The average Bonchev–Trinajstić information content (AvgIpc) is 2.71. The first-order chi connectivity index (χ1) is 13.7. The van der Waals surface area contributed by atoms with Gasteiger partial charge in [-0.05, 0) is 77.9 Å². The van der Waals surface area contributed by atoms with Crippen molar-refractivity contribution in [3.05, 3.63) is 85.0 Å². The van der Waals surface area contributed by atoms with E-state index in [2.05, 4.69) is 67.3 Å². The molecule has 1 nitrogen and oxygen atoms in total. The van der Waals surface area contributed by atoms with Crippen LogP contribution in [0.25, 0.3) is 28.0 Å². The van der Waals surface area contributed by atoms with Crippen molar-refractivity contribution in [2.45, 2.75) is 32.4 Å². The van der Waals surface area contributed by atoms with Crippen LogP contribution in [0.4, 0.5) is 4.39 Å². The van der Waals surface area contributed by atoms with Gasteiger partial charge in [0, 0.05) is 0 Å². The Hall–Kier alpha value is -2.87. The molecule has 3 aromatic rings. The van der Waals surface area contributed by atoms with Crippen molar-refractivity contribution in [1.82, 2.24) is 0 Å². The first-order valence-corrected chi connectivity index (χ1v) is 9.84. The summed E-state index contributed by atoms with van der Waals surface area (Å²) in [6.07, 6.45) is 7.73. The van der Waals surface area contributed by atoms with Crippen LogP contribution < -0.4 is 4.74 Å². The topological polar surface area (TPSA) is 9.23 Å². The second kappa shape index (κ2) is 9.89. The third-order valence-electron chi connectivity index (χ3n) is 4.70. The monoisotopic (exact) mass is 374 g/mol. The van der Waals surface area contributed by atoms with Crippen molar-refractivity contribution < 1.29 is 9.13 Å². The van der Waals surface area contributed by atoms with E-state index >= 15 is 0 Å². The maximum atomic E-state index is 12.8. The number of allylic oxidation sites excluding steroid dienone is 1. The number of halogens is 1. The van der Waals surface area contributed by atoms with E-state index in [1.54, 1.807) is 13.0 Å². The molecule has 1 unspecified atom stereocenters. The predicted molar refractivity (Wildman–Crippen MR) is 119 cm³/mol. The van der Waals surface area contributed by atoms with E-state index in [4.69, 9.17) is 4.74 Å². The van der Waals surface area contributed by atoms with E-state index < -0.39 is 6.17 Å². The molecule has 0 aliphatic carbocycles. The highest BCUT2D eigenvalue weighted by atomic mass is 19.1. The number of alkyl halides is 1. The van der Waals surface area contributed by atoms with Gasteiger partial charge in [0.15, 0.2) is 0 Å². The fraction of sp³-hybridized carbons (Fsp3) is 0.231. The van der Waals surface area contributed by atoms with Gasteiger partial charge >= 0.3 is 0 Å². The van der Waals surface area contributed by atoms with Crippen molar-refractivity contribution in [2.75, 3.05) is 6.61 Å². The second-order valence-corrected chi connectivity index (χ2v) is 7.06. The van der Waals surface area contributed by atoms with Crippen LogP contribution >= 0.6 is 0 Å². The standard InChI is InChI=1S/C26H27FO/c1-3-17-28-26-15-13-22(14-16-26)24-12-11-23-18-21(9-10-25(23)19-24)8-6-4-5-7-20(2)27/h3,6,8-16,18-20H,1,4-5,7,17H2,2H3. The zero-order chi connectivity index (χ0) is 19.8. The lowest BCUT2D eigenvalue weighted by Gasteiger charge is -2.07. The summed E-state index contributed by atoms with van der Waals surface area (Å²) in [7, 11) is 0. The Morgan fingerprint density at radius 3 is 2.43 bits per heavy atom. The highest BCUT2D eigenvalue weighted by Gasteiger charge is 2.02. The number of hydrogen-bond donors (Lipinski definition) is 0. The van der Waals surface area contributed by atoms with Gasteiger partial charge in [0.1, 0.15) is 12.4 Å². The fourth-order valence-electron chi connectivity index (χ4n) is 3.18. The Labute approximate surface area is 167 Å². The minimum absolute atomic E-state index is 0.515. The zero-order valence-corrected chi connectivity index (χ0v) is 16.4. The molecule has 0 aliphatic heterocycles. The number of fused-ring (bicyclic) bond motifs is 1. The van der Waals surface area contributed by atoms with Gasteiger partial charge in [0.25, 0.3) is 0 Å². The maximum absolute atomic E-state index is 12.8. The third-order valence-corrected chi connectivity index (χ3v) is 4.70. The molecule has 0 fully saturated rings. The molecule has 0 bridgehead atoms. The molecule has 0 aromatic heterocycles. The van der Waals surface area contributed by atoms with Gasteiger partial charge in [-0.15, -0.1) is 0 Å². The van der Waals surface area contributed by atoms with E-state index in [9.17, 15) is 4.39 Å². The van der Waals surface area contributed by atoms with Crippen LogP contribution in [0, 0.1) is 0 Å². The molecule has 0 N–H and O–H groups in total. The molecule has 1 atom stereocenters. The van der Waals surface area contributed by atoms with Crippen LogP contribution in [0.1, 0.15) is 31.7 Å². The largest absolute Gasteiger partial charge is 0.490 e. The summed E-state index contributed by atoms with van der Waals surface area (Å²) in [6.45, 7) is 5.80. The molecule has 0 heterocycles. The average molecular weight is 374 g/mol. The van der Waals surface area contributed by atoms with Gasteiger partial charge in [-0.2, -0.15) is 0 Å². The summed E-state index contributed by atoms with van der Waals surface area (Å²) in [5.41, 5.74) is 3.53. The number of rotatable bonds is 9. The Kier molecular flexibility index (Phi) is 7.02. The highest BCUT2D eigenvalue weighted by Crippen LogP contribution is 2.27. The summed E-state index contributed by atoms with van der Waals surface area (Å²) in [5, 5.41) is 2.43. The molecule has 0 spiro atoms. The Morgan fingerprint density at radius 2 is 1.68 bits per heavy atom. The molecule has 144 valence electrons. The number of hydrogen-bond acceptors (Lipinski definition) is 1. The molecule has 0 radical (unpaired) electrons. The summed E-state index contributed by atoms with van der Waals surface area (Å²) >= 11 is 0. The second-order valence-electron chi connectivity index (χ2n) is 7.06. The number of unbranched alkanes of at least 4 members (excludes halogenated alkanes) is 1. The highest BCUT2D eigenvalue weighted by molar-refractivity contribution is 5.89. The summed E-state index contributed by atoms with van der Waals surface area (Å²) < 4.78 is 18.4. The van der Waals surface area contributed by atoms with Crippen LogP contribution in [-0.4, -0.2) is 12.8 Å². The molecule has 3 aromatic carbocycles. The van der Waals surface area contributed by atoms with E-state index in [0.717, 1.165) is 18.6 Å². The molecular formula is C26H27FO.